The Balaban J connectivity index is 0.00000481. The van der Waals surface area contributed by atoms with E-state index >= 15 is 0 Å². The Labute approximate surface area is 228 Å². The zero-order valence-electron chi connectivity index (χ0n) is 22.1. The molecule has 2 fully saturated rings. The van der Waals surface area contributed by atoms with E-state index in [4.69, 9.17) is 9.84 Å². The van der Waals surface area contributed by atoms with Crippen molar-refractivity contribution in [1.29, 1.82) is 0 Å². The predicted octanol–water partition coefficient (Wildman–Crippen LogP) is 5.16. The molecule has 2 saturated carbocycles. The fourth-order valence-electron chi connectivity index (χ4n) is 5.35. The van der Waals surface area contributed by atoms with Crippen molar-refractivity contribution < 1.29 is 24.2 Å². The number of amides is 1. The number of esters is 1. The molecule has 1 aromatic rings. The van der Waals surface area contributed by atoms with Crippen molar-refractivity contribution in [3.8, 4) is 0 Å². The summed E-state index contributed by atoms with van der Waals surface area (Å²) >= 11 is 0. The summed E-state index contributed by atoms with van der Waals surface area (Å²) in [5, 5.41) is 15.2. The molecule has 0 saturated heterocycles. The van der Waals surface area contributed by atoms with Gasteiger partial charge in [0.2, 0.25) is 5.91 Å². The number of benzene rings is 1. The molecule has 1 aromatic carbocycles. The van der Waals surface area contributed by atoms with E-state index < -0.39 is 0 Å². The topological polar surface area (TPSA) is 105 Å². The number of hydrogen-bond donors (Lipinski definition) is 3. The number of carbonyl (C=O) groups is 3. The van der Waals surface area contributed by atoms with Gasteiger partial charge < -0.3 is 20.5 Å². The number of aliphatic hydroxyl groups excluding tert-OH is 1. The molecule has 208 valence electrons. The summed E-state index contributed by atoms with van der Waals surface area (Å²) < 4.78 is 5.87. The van der Waals surface area contributed by atoms with Gasteiger partial charge in [0.1, 0.15) is 18.8 Å². The van der Waals surface area contributed by atoms with E-state index in [1.165, 1.54) is 19.3 Å². The highest BCUT2D eigenvalue weighted by atomic mass is 32.1. The lowest BCUT2D eigenvalue weighted by atomic mass is 9.83. The highest BCUT2D eigenvalue weighted by Gasteiger charge is 2.32. The molecule has 7 nitrogen and oxygen atoms in total. The number of Topliss-reactive ketones (excluding diaryl/α,β-unsaturated/α-hetero) is 1. The van der Waals surface area contributed by atoms with Crippen molar-refractivity contribution in [3.63, 3.8) is 0 Å². The summed E-state index contributed by atoms with van der Waals surface area (Å²) in [5.41, 5.74) is 1.83. The standard InChI is InChI=1S/C29H44N2O5.H2S/c32-21-25(33)12-6-1-2-7-15-27(34)31-24-18-16-22(17-19-24)20-30-28(23-10-4-3-5-11-23)29(35)36-26-13-8-9-14-26;/h16-19,23,26,28,30,32H,1-15,20-21H2,(H,31,34);1H2/t28-;/m0./s1. The lowest BCUT2D eigenvalue weighted by molar-refractivity contribution is -0.153. The van der Waals surface area contributed by atoms with Gasteiger partial charge in [-0.2, -0.15) is 13.5 Å². The number of rotatable bonds is 15. The van der Waals surface area contributed by atoms with Crippen LogP contribution >= 0.6 is 13.5 Å². The average molecular weight is 535 g/mol. The first kappa shape index (κ1) is 31.3. The van der Waals surface area contributed by atoms with E-state index in [2.05, 4.69) is 10.6 Å². The zero-order valence-corrected chi connectivity index (χ0v) is 23.1. The number of aliphatic hydroxyl groups is 1. The number of ether oxygens (including phenoxy) is 1. The van der Waals surface area contributed by atoms with Crippen LogP contribution in [-0.4, -0.2) is 41.5 Å². The Morgan fingerprint density at radius 3 is 2.14 bits per heavy atom. The van der Waals surface area contributed by atoms with Gasteiger partial charge in [-0.1, -0.05) is 44.2 Å². The van der Waals surface area contributed by atoms with Gasteiger partial charge in [-0.05, 0) is 75.0 Å². The smallest absolute Gasteiger partial charge is 0.323 e. The third-order valence-electron chi connectivity index (χ3n) is 7.51. The summed E-state index contributed by atoms with van der Waals surface area (Å²) in [6.07, 6.45) is 14.3. The summed E-state index contributed by atoms with van der Waals surface area (Å²) in [6.45, 7) is 0.208. The quantitative estimate of drug-likeness (QED) is 0.212. The molecule has 0 spiro atoms. The maximum Gasteiger partial charge on any atom is 0.323 e. The van der Waals surface area contributed by atoms with Crippen LogP contribution in [0.2, 0.25) is 0 Å². The molecule has 8 heteroatoms. The summed E-state index contributed by atoms with van der Waals surface area (Å²) in [6, 6.07) is 7.53. The third kappa shape index (κ3) is 11.6. The van der Waals surface area contributed by atoms with E-state index in [1.54, 1.807) is 0 Å². The van der Waals surface area contributed by atoms with E-state index in [0.29, 0.717) is 25.3 Å². The second-order valence-electron chi connectivity index (χ2n) is 10.5. The average Bonchev–Trinajstić information content (AvgIpc) is 3.40. The normalized spacial score (nSPS) is 17.1. The molecule has 0 unspecified atom stereocenters. The lowest BCUT2D eigenvalue weighted by Crippen LogP contribution is -2.45. The summed E-state index contributed by atoms with van der Waals surface area (Å²) in [4.78, 5) is 36.3. The largest absolute Gasteiger partial charge is 0.461 e. The van der Waals surface area contributed by atoms with Gasteiger partial charge >= 0.3 is 5.97 Å². The molecule has 3 N–H and O–H groups in total. The van der Waals surface area contributed by atoms with Crippen LogP contribution < -0.4 is 10.6 Å². The van der Waals surface area contributed by atoms with Gasteiger partial charge in [0, 0.05) is 25.1 Å². The van der Waals surface area contributed by atoms with Gasteiger partial charge in [0.25, 0.3) is 0 Å². The predicted molar refractivity (Wildman–Crippen MR) is 151 cm³/mol. The molecule has 0 bridgehead atoms. The van der Waals surface area contributed by atoms with Gasteiger partial charge in [0.05, 0.1) is 0 Å². The molecule has 0 aliphatic heterocycles. The first-order valence-corrected chi connectivity index (χ1v) is 14.0. The SMILES string of the molecule is O=C(CO)CCCCCCC(=O)Nc1ccc(CN[C@H](C(=O)OC2CCCC2)C2CCCCC2)cc1.S. The van der Waals surface area contributed by atoms with Crippen LogP contribution in [0.4, 0.5) is 5.69 Å². The molecule has 0 radical (unpaired) electrons. The fraction of sp³-hybridized carbons (Fsp3) is 0.690. The van der Waals surface area contributed by atoms with Crippen molar-refractivity contribution in [2.75, 3.05) is 11.9 Å². The van der Waals surface area contributed by atoms with Gasteiger partial charge in [-0.3, -0.25) is 14.4 Å². The van der Waals surface area contributed by atoms with Crippen LogP contribution in [0, 0.1) is 5.92 Å². The summed E-state index contributed by atoms with van der Waals surface area (Å²) in [5.74, 6) is 0.110. The maximum absolute atomic E-state index is 13.0. The molecule has 1 amide bonds. The molecular weight excluding hydrogens is 488 g/mol. The summed E-state index contributed by atoms with van der Waals surface area (Å²) in [7, 11) is 0. The first-order valence-electron chi connectivity index (χ1n) is 14.0. The Kier molecular flexibility index (Phi) is 14.9. The molecule has 1 atom stereocenters. The second kappa shape index (κ2) is 17.6. The number of ketones is 1. The molecular formula is C29H46N2O5S. The first-order chi connectivity index (χ1) is 17.5. The number of carbonyl (C=O) groups excluding carboxylic acids is 3. The molecule has 2 aliphatic rings. The van der Waals surface area contributed by atoms with Crippen molar-refractivity contribution in [2.45, 2.75) is 115 Å². The minimum Gasteiger partial charge on any atom is -0.461 e. The van der Waals surface area contributed by atoms with E-state index in [1.807, 2.05) is 24.3 Å². The Hall–Kier alpha value is -1.90. The van der Waals surface area contributed by atoms with Crippen molar-refractivity contribution in [3.05, 3.63) is 29.8 Å². The van der Waals surface area contributed by atoms with Crippen LogP contribution in [0.1, 0.15) is 102 Å². The van der Waals surface area contributed by atoms with Crippen LogP contribution in [0.5, 0.6) is 0 Å². The van der Waals surface area contributed by atoms with Crippen LogP contribution in [0.25, 0.3) is 0 Å². The molecule has 0 aromatic heterocycles. The molecule has 2 aliphatic carbocycles. The second-order valence-corrected chi connectivity index (χ2v) is 10.5. The number of hydrogen-bond acceptors (Lipinski definition) is 6. The van der Waals surface area contributed by atoms with Crippen LogP contribution in [0.15, 0.2) is 24.3 Å². The molecule has 0 heterocycles. The van der Waals surface area contributed by atoms with E-state index in [0.717, 1.165) is 75.5 Å². The van der Waals surface area contributed by atoms with Crippen LogP contribution in [0.3, 0.4) is 0 Å². The van der Waals surface area contributed by atoms with E-state index in [9.17, 15) is 14.4 Å². The Morgan fingerprint density at radius 1 is 0.865 bits per heavy atom. The number of unbranched alkanes of at least 4 members (excludes halogenated alkanes) is 3. The lowest BCUT2D eigenvalue weighted by Gasteiger charge is -2.30. The minimum absolute atomic E-state index is 0. The minimum atomic E-state index is -0.384. The Bertz CT molecular complexity index is 820. The highest BCUT2D eigenvalue weighted by molar-refractivity contribution is 7.59. The number of nitrogens with one attached hydrogen (secondary N) is 2. The van der Waals surface area contributed by atoms with Gasteiger partial charge in [0.15, 0.2) is 5.78 Å². The third-order valence-corrected chi connectivity index (χ3v) is 7.51. The monoisotopic (exact) mass is 534 g/mol. The maximum atomic E-state index is 13.0. The van der Waals surface area contributed by atoms with Crippen LogP contribution in [-0.2, 0) is 25.7 Å². The van der Waals surface area contributed by atoms with Gasteiger partial charge in [-0.15, -0.1) is 0 Å². The van der Waals surface area contributed by atoms with Crippen molar-refractivity contribution >= 4 is 36.8 Å². The molecule has 3 rings (SSSR count). The van der Waals surface area contributed by atoms with Crippen molar-refractivity contribution in [2.24, 2.45) is 5.92 Å². The molecule has 37 heavy (non-hydrogen) atoms. The number of anilines is 1. The Morgan fingerprint density at radius 2 is 1.49 bits per heavy atom. The fourth-order valence-corrected chi connectivity index (χ4v) is 5.35. The van der Waals surface area contributed by atoms with Gasteiger partial charge in [-0.25, -0.2) is 0 Å². The zero-order chi connectivity index (χ0) is 25.6. The van der Waals surface area contributed by atoms with E-state index in [-0.39, 0.29) is 49.9 Å². The highest BCUT2D eigenvalue weighted by Crippen LogP contribution is 2.29. The van der Waals surface area contributed by atoms with Crippen molar-refractivity contribution in [1.82, 2.24) is 5.32 Å².